The first-order chi connectivity index (χ1) is 11.0. The molecule has 0 aromatic rings. The van der Waals surface area contributed by atoms with Crippen LogP contribution in [-0.4, -0.2) is 16.5 Å². The Kier molecular flexibility index (Phi) is 3.22. The number of aliphatic hydroxyl groups is 1. The Bertz CT molecular complexity index is 702. The largest absolute Gasteiger partial charge is 0.377 e. The van der Waals surface area contributed by atoms with Gasteiger partial charge in [-0.3, -0.25) is 4.79 Å². The Morgan fingerprint density at radius 2 is 2.17 bits per heavy atom. The van der Waals surface area contributed by atoms with E-state index in [9.17, 15) is 9.90 Å². The van der Waals surface area contributed by atoms with Crippen LogP contribution in [0.3, 0.4) is 0 Å². The molecule has 0 aromatic heterocycles. The first-order valence-corrected chi connectivity index (χ1v) is 8.91. The lowest BCUT2D eigenvalue weighted by Gasteiger charge is -2.48. The van der Waals surface area contributed by atoms with Crippen LogP contribution in [0, 0.1) is 29.6 Å². The average molecular weight is 308 g/mol. The lowest BCUT2D eigenvalue weighted by atomic mass is 9.56. The topological polar surface area (TPSA) is 37.3 Å². The second-order valence-corrected chi connectivity index (χ2v) is 7.59. The van der Waals surface area contributed by atoms with Gasteiger partial charge in [-0.15, -0.1) is 6.42 Å². The molecule has 0 amide bonds. The van der Waals surface area contributed by atoms with Crippen LogP contribution in [0.15, 0.2) is 34.9 Å². The Morgan fingerprint density at radius 3 is 2.91 bits per heavy atom. The molecule has 0 radical (unpaired) electrons. The fourth-order valence-electron chi connectivity index (χ4n) is 5.75. The lowest BCUT2D eigenvalue weighted by Crippen LogP contribution is -2.48. The van der Waals surface area contributed by atoms with Crippen LogP contribution in [-0.2, 0) is 4.79 Å². The molecule has 23 heavy (non-hydrogen) atoms. The molecule has 0 saturated heterocycles. The molecule has 0 heterocycles. The van der Waals surface area contributed by atoms with E-state index in [0.29, 0.717) is 24.7 Å². The summed E-state index contributed by atoms with van der Waals surface area (Å²) in [6.45, 7) is 2.15. The maximum Gasteiger partial charge on any atom is 0.156 e. The Hall–Kier alpha value is -1.59. The maximum atomic E-state index is 11.7. The third-order valence-corrected chi connectivity index (χ3v) is 6.94. The van der Waals surface area contributed by atoms with E-state index in [0.717, 1.165) is 32.1 Å². The molecular formula is C21H24O2. The highest BCUT2D eigenvalue weighted by atomic mass is 16.3. The minimum atomic E-state index is -1.00. The van der Waals surface area contributed by atoms with Crippen LogP contribution in [0.5, 0.6) is 0 Å². The van der Waals surface area contributed by atoms with E-state index in [1.54, 1.807) is 0 Å². The monoisotopic (exact) mass is 308 g/mol. The minimum Gasteiger partial charge on any atom is -0.377 e. The summed E-state index contributed by atoms with van der Waals surface area (Å²) in [5.74, 6) is 3.91. The number of carbonyl (C=O) groups excluding carboxylic acids is 1. The van der Waals surface area contributed by atoms with E-state index in [4.69, 9.17) is 6.42 Å². The Morgan fingerprint density at radius 1 is 1.35 bits per heavy atom. The third kappa shape index (κ3) is 1.83. The van der Waals surface area contributed by atoms with Crippen molar-refractivity contribution in [3.63, 3.8) is 0 Å². The first-order valence-electron chi connectivity index (χ1n) is 8.91. The summed E-state index contributed by atoms with van der Waals surface area (Å²) in [6, 6.07) is 0. The number of terminal acetylenes is 1. The third-order valence-electron chi connectivity index (χ3n) is 6.94. The molecule has 0 aliphatic heterocycles. The van der Waals surface area contributed by atoms with Crippen molar-refractivity contribution < 1.29 is 9.90 Å². The smallest absolute Gasteiger partial charge is 0.156 e. The van der Waals surface area contributed by atoms with Gasteiger partial charge in [0.15, 0.2) is 5.78 Å². The maximum absolute atomic E-state index is 11.7. The average Bonchev–Trinajstić information content (AvgIpc) is 2.88. The predicted octanol–water partition coefficient (Wildman–Crippen LogP) is 3.72. The molecule has 0 unspecified atom stereocenters. The highest BCUT2D eigenvalue weighted by molar-refractivity contribution is 5.93. The van der Waals surface area contributed by atoms with Crippen molar-refractivity contribution in [1.29, 1.82) is 0 Å². The number of hydrogen-bond donors (Lipinski definition) is 1. The number of ketones is 1. The summed E-state index contributed by atoms with van der Waals surface area (Å²) < 4.78 is 0. The summed E-state index contributed by atoms with van der Waals surface area (Å²) in [6.07, 6.45) is 18.2. The van der Waals surface area contributed by atoms with Crippen LogP contribution < -0.4 is 0 Å². The zero-order valence-electron chi connectivity index (χ0n) is 13.8. The van der Waals surface area contributed by atoms with Gasteiger partial charge in [-0.05, 0) is 73.2 Å². The lowest BCUT2D eigenvalue weighted by molar-refractivity contribution is -0.114. The van der Waals surface area contributed by atoms with Gasteiger partial charge in [0.1, 0.15) is 5.60 Å². The summed E-state index contributed by atoms with van der Waals surface area (Å²) in [5, 5.41) is 11.0. The second-order valence-electron chi connectivity index (χ2n) is 7.59. The highest BCUT2D eigenvalue weighted by Gasteiger charge is 2.60. The van der Waals surface area contributed by atoms with Gasteiger partial charge < -0.3 is 5.11 Å². The van der Waals surface area contributed by atoms with Crippen molar-refractivity contribution >= 4 is 5.78 Å². The van der Waals surface area contributed by atoms with Crippen molar-refractivity contribution in [1.82, 2.24) is 0 Å². The Balaban J connectivity index is 1.85. The van der Waals surface area contributed by atoms with E-state index in [1.165, 1.54) is 16.7 Å². The van der Waals surface area contributed by atoms with Gasteiger partial charge in [0.05, 0.1) is 0 Å². The molecule has 4 rings (SSSR count). The van der Waals surface area contributed by atoms with Crippen molar-refractivity contribution in [3.8, 4) is 12.3 Å². The zero-order chi connectivity index (χ0) is 16.2. The van der Waals surface area contributed by atoms with Crippen LogP contribution in [0.25, 0.3) is 0 Å². The van der Waals surface area contributed by atoms with Gasteiger partial charge in [0, 0.05) is 11.8 Å². The molecule has 1 N–H and O–H groups in total. The van der Waals surface area contributed by atoms with E-state index in [-0.39, 0.29) is 11.2 Å². The number of rotatable bonds is 1. The van der Waals surface area contributed by atoms with Crippen molar-refractivity contribution in [2.45, 2.75) is 57.5 Å². The molecule has 4 aliphatic carbocycles. The molecule has 4 aliphatic rings. The van der Waals surface area contributed by atoms with Gasteiger partial charge in [0.25, 0.3) is 0 Å². The summed E-state index contributed by atoms with van der Waals surface area (Å²) in [7, 11) is 0. The summed E-state index contributed by atoms with van der Waals surface area (Å²) >= 11 is 0. The molecular weight excluding hydrogens is 284 g/mol. The standard InChI is InChI=1S/C21H24O2/c1-3-20-11-9-17-16-8-6-15(22)13-14(16)5-7-18(17)19(20)10-12-21(20,23)4-2/h2,9,11,13,18-19,23H,3,5-8,10,12H2,1H3/t18-,19+,20+,21-/m1/s1. The van der Waals surface area contributed by atoms with Crippen molar-refractivity contribution in [2.75, 3.05) is 0 Å². The fraction of sp³-hybridized carbons (Fsp3) is 0.571. The summed E-state index contributed by atoms with van der Waals surface area (Å²) in [5.41, 5.74) is 2.80. The van der Waals surface area contributed by atoms with Crippen molar-refractivity contribution in [3.05, 3.63) is 34.9 Å². The molecule has 4 atom stereocenters. The van der Waals surface area contributed by atoms with Crippen LogP contribution in [0.2, 0.25) is 0 Å². The quantitative estimate of drug-likeness (QED) is 0.750. The van der Waals surface area contributed by atoms with E-state index >= 15 is 0 Å². The zero-order valence-corrected chi connectivity index (χ0v) is 13.8. The van der Waals surface area contributed by atoms with Crippen LogP contribution in [0.1, 0.15) is 51.9 Å². The fourth-order valence-corrected chi connectivity index (χ4v) is 5.75. The van der Waals surface area contributed by atoms with Gasteiger partial charge >= 0.3 is 0 Å². The number of carbonyl (C=O) groups is 1. The normalized spacial score (nSPS) is 41.8. The van der Waals surface area contributed by atoms with Gasteiger partial charge in [-0.1, -0.05) is 25.0 Å². The summed E-state index contributed by atoms with van der Waals surface area (Å²) in [4.78, 5) is 11.7. The van der Waals surface area contributed by atoms with Gasteiger partial charge in [-0.2, -0.15) is 0 Å². The molecule has 1 fully saturated rings. The SMILES string of the molecule is C#C[C@@]1(O)CC[C@H]2[C@@H]3CCC4=CC(=O)CCC4=C3C=C[C@@]21CC. The molecule has 2 heteroatoms. The second kappa shape index (κ2) is 4.95. The van der Waals surface area contributed by atoms with Crippen LogP contribution in [0.4, 0.5) is 0 Å². The molecule has 1 saturated carbocycles. The molecule has 0 spiro atoms. The van der Waals surface area contributed by atoms with Gasteiger partial charge in [-0.25, -0.2) is 0 Å². The first kappa shape index (κ1) is 15.0. The Labute approximate surface area is 138 Å². The highest BCUT2D eigenvalue weighted by Crippen LogP contribution is 2.62. The number of fused-ring (bicyclic) bond motifs is 4. The molecule has 0 bridgehead atoms. The number of allylic oxidation sites excluding steroid dienone is 5. The molecule has 120 valence electrons. The van der Waals surface area contributed by atoms with E-state index in [1.807, 2.05) is 6.08 Å². The van der Waals surface area contributed by atoms with E-state index < -0.39 is 5.60 Å². The number of hydrogen-bond acceptors (Lipinski definition) is 2. The van der Waals surface area contributed by atoms with Gasteiger partial charge in [0.2, 0.25) is 0 Å². The molecule has 2 nitrogen and oxygen atoms in total. The van der Waals surface area contributed by atoms with E-state index in [2.05, 4.69) is 25.0 Å². The van der Waals surface area contributed by atoms with Crippen LogP contribution >= 0.6 is 0 Å². The molecule has 0 aromatic carbocycles. The predicted molar refractivity (Wildman–Crippen MR) is 90.4 cm³/mol. The van der Waals surface area contributed by atoms with Crippen molar-refractivity contribution in [2.24, 2.45) is 17.3 Å². The minimum absolute atomic E-state index is 0.271.